The van der Waals surface area contributed by atoms with Gasteiger partial charge in [0.15, 0.2) is 6.61 Å². The fourth-order valence-corrected chi connectivity index (χ4v) is 4.33. The number of methoxy groups -OCH3 is 1. The quantitative estimate of drug-likeness (QED) is 0.224. The number of rotatable bonds is 8. The lowest BCUT2D eigenvalue weighted by atomic mass is 9.90. The average molecular weight is 516 g/mol. The van der Waals surface area contributed by atoms with Crippen molar-refractivity contribution >= 4 is 64.4 Å². The number of anilines is 1. The minimum Gasteiger partial charge on any atom is -0.468 e. The molecule has 1 aromatic carbocycles. The molecule has 0 fully saturated rings. The van der Waals surface area contributed by atoms with Gasteiger partial charge in [-0.3, -0.25) is 14.4 Å². The third-order valence-electron chi connectivity index (χ3n) is 4.64. The Balaban J connectivity index is 2.53. The van der Waals surface area contributed by atoms with E-state index in [0.717, 1.165) is 17.8 Å². The van der Waals surface area contributed by atoms with Crippen molar-refractivity contribution in [2.45, 2.75) is 30.6 Å². The van der Waals surface area contributed by atoms with Crippen LogP contribution in [0.15, 0.2) is 28.2 Å². The molecule has 11 heteroatoms. The zero-order chi connectivity index (χ0) is 24.5. The van der Waals surface area contributed by atoms with Gasteiger partial charge in [0.2, 0.25) is 5.91 Å². The van der Waals surface area contributed by atoms with Gasteiger partial charge in [0, 0.05) is 16.0 Å². The summed E-state index contributed by atoms with van der Waals surface area (Å²) in [4.78, 5) is 50.7. The van der Waals surface area contributed by atoms with E-state index >= 15 is 0 Å². The molecule has 1 aromatic rings. The second-order valence-corrected chi connectivity index (χ2v) is 8.40. The van der Waals surface area contributed by atoms with Gasteiger partial charge in [-0.15, -0.1) is 29.8 Å². The molecule has 7 nitrogen and oxygen atoms in total. The van der Waals surface area contributed by atoms with Gasteiger partial charge in [-0.25, -0.2) is 14.1 Å². The van der Waals surface area contributed by atoms with Gasteiger partial charge in [0.25, 0.3) is 5.91 Å². The molecule has 0 spiro atoms. The van der Waals surface area contributed by atoms with Gasteiger partial charge >= 0.3 is 11.9 Å². The first-order chi connectivity index (χ1) is 15.7. The van der Waals surface area contributed by atoms with Crippen molar-refractivity contribution in [3.63, 3.8) is 0 Å². The van der Waals surface area contributed by atoms with Gasteiger partial charge < -0.3 is 9.47 Å². The minimum absolute atomic E-state index is 0.0219. The molecule has 0 bridgehead atoms. The Bertz CT molecular complexity index is 1040. The number of nitrogens with zero attached hydrogens (tertiary/aromatic N) is 1. The Labute approximate surface area is 204 Å². The molecule has 2 amide bonds. The van der Waals surface area contributed by atoms with Gasteiger partial charge in [-0.05, 0) is 37.8 Å². The largest absolute Gasteiger partial charge is 0.468 e. The smallest absolute Gasteiger partial charge is 0.335 e. The number of ether oxygens (including phenoxy) is 2. The van der Waals surface area contributed by atoms with E-state index in [2.05, 4.69) is 10.7 Å². The van der Waals surface area contributed by atoms with Crippen molar-refractivity contribution < 1.29 is 33.0 Å². The molecule has 1 aliphatic rings. The highest BCUT2D eigenvalue weighted by Gasteiger charge is 2.33. The fraction of sp³-hybridized carbons (Fsp3) is 0.364. The highest BCUT2D eigenvalue weighted by molar-refractivity contribution is 8.00. The van der Waals surface area contributed by atoms with Crippen LogP contribution in [0, 0.1) is 18.2 Å². The number of terminal acetylenes is 1. The standard InChI is InChI=1S/C22H20Cl2FNO6S/c1-3-8-32-22(30)14-7-5-4-6-13(14)21(29)26(19(27)11-23)17-10-18(15(24)9-16(17)25)33-12-20(28)31-2/h1,9-10H,4-8,11-12H2,2H3. The number of carbonyl (C=O) groups excluding carboxylic acids is 4. The van der Waals surface area contributed by atoms with Crippen LogP contribution in [0.3, 0.4) is 0 Å². The SMILES string of the molecule is C#CCOC(=O)C1=C(C(=O)N(C(=O)CCl)c2cc(SCC(=O)OC)c(Cl)cc2F)CCCC1. The van der Waals surface area contributed by atoms with Crippen LogP contribution < -0.4 is 4.90 Å². The highest BCUT2D eigenvalue weighted by atomic mass is 35.5. The molecule has 2 rings (SSSR count). The maximum absolute atomic E-state index is 14.9. The second-order valence-electron chi connectivity index (χ2n) is 6.71. The third-order valence-corrected chi connectivity index (χ3v) is 6.32. The summed E-state index contributed by atoms with van der Waals surface area (Å²) in [5.41, 5.74) is -0.291. The summed E-state index contributed by atoms with van der Waals surface area (Å²) in [6, 6.07) is 2.10. The van der Waals surface area contributed by atoms with Crippen LogP contribution in [-0.4, -0.2) is 49.1 Å². The molecular formula is C22H20Cl2FNO6S. The van der Waals surface area contributed by atoms with E-state index < -0.39 is 41.1 Å². The van der Waals surface area contributed by atoms with E-state index in [1.165, 1.54) is 13.2 Å². The molecule has 0 radical (unpaired) electrons. The van der Waals surface area contributed by atoms with Crippen molar-refractivity contribution in [2.24, 2.45) is 0 Å². The van der Waals surface area contributed by atoms with Crippen LogP contribution in [-0.2, 0) is 28.7 Å². The lowest BCUT2D eigenvalue weighted by molar-refractivity contribution is -0.138. The van der Waals surface area contributed by atoms with E-state index in [1.54, 1.807) is 0 Å². The first-order valence-electron chi connectivity index (χ1n) is 9.69. The number of imide groups is 1. The Hall–Kier alpha value is -2.54. The molecule has 0 aliphatic heterocycles. The van der Waals surface area contributed by atoms with Crippen LogP contribution in [0.1, 0.15) is 25.7 Å². The molecule has 0 N–H and O–H groups in total. The molecule has 0 heterocycles. The van der Waals surface area contributed by atoms with Gasteiger partial charge in [-0.2, -0.15) is 0 Å². The van der Waals surface area contributed by atoms with Crippen LogP contribution in [0.5, 0.6) is 0 Å². The summed E-state index contributed by atoms with van der Waals surface area (Å²) in [6.07, 6.45) is 6.76. The number of halogens is 3. The average Bonchev–Trinajstić information content (AvgIpc) is 2.82. The summed E-state index contributed by atoms with van der Waals surface area (Å²) in [6.45, 7) is -0.277. The number of thioether (sulfide) groups is 1. The number of benzene rings is 1. The zero-order valence-corrected chi connectivity index (χ0v) is 19.9. The van der Waals surface area contributed by atoms with Crippen LogP contribution in [0.4, 0.5) is 10.1 Å². The molecule has 0 unspecified atom stereocenters. The van der Waals surface area contributed by atoms with Crippen LogP contribution >= 0.6 is 35.0 Å². The number of carbonyl (C=O) groups is 4. The zero-order valence-electron chi connectivity index (χ0n) is 17.6. The van der Waals surface area contributed by atoms with Gasteiger partial charge in [0.1, 0.15) is 11.7 Å². The highest BCUT2D eigenvalue weighted by Crippen LogP contribution is 2.36. The van der Waals surface area contributed by atoms with E-state index in [-0.39, 0.29) is 46.3 Å². The summed E-state index contributed by atoms with van der Waals surface area (Å²) in [5.74, 6) is -2.64. The summed E-state index contributed by atoms with van der Waals surface area (Å²) < 4.78 is 24.4. The molecule has 33 heavy (non-hydrogen) atoms. The second kappa shape index (κ2) is 12.6. The minimum atomic E-state index is -0.956. The summed E-state index contributed by atoms with van der Waals surface area (Å²) in [7, 11) is 1.21. The van der Waals surface area contributed by atoms with Gasteiger partial charge in [0.05, 0.1) is 23.6 Å². The van der Waals surface area contributed by atoms with Gasteiger partial charge in [-0.1, -0.05) is 17.5 Å². The first kappa shape index (κ1) is 26.7. The molecule has 1 aliphatic carbocycles. The summed E-state index contributed by atoms with van der Waals surface area (Å²) >= 11 is 12.7. The molecule has 0 saturated carbocycles. The number of alkyl halides is 1. The lowest BCUT2D eigenvalue weighted by Crippen LogP contribution is -2.40. The lowest BCUT2D eigenvalue weighted by Gasteiger charge is -2.26. The Morgan fingerprint density at radius 1 is 1.21 bits per heavy atom. The van der Waals surface area contributed by atoms with Crippen molar-refractivity contribution in [1.29, 1.82) is 0 Å². The van der Waals surface area contributed by atoms with Crippen molar-refractivity contribution in [1.82, 2.24) is 0 Å². The molecular weight excluding hydrogens is 496 g/mol. The number of hydrogen-bond donors (Lipinski definition) is 0. The number of hydrogen-bond acceptors (Lipinski definition) is 7. The monoisotopic (exact) mass is 515 g/mol. The Kier molecular flexibility index (Phi) is 10.2. The Morgan fingerprint density at radius 2 is 1.88 bits per heavy atom. The van der Waals surface area contributed by atoms with E-state index in [0.29, 0.717) is 17.7 Å². The van der Waals surface area contributed by atoms with E-state index in [1.807, 2.05) is 0 Å². The first-order valence-corrected chi connectivity index (χ1v) is 11.6. The van der Waals surface area contributed by atoms with Crippen molar-refractivity contribution in [3.05, 3.63) is 34.1 Å². The molecule has 0 atom stereocenters. The number of amides is 2. The molecule has 0 aromatic heterocycles. The predicted octanol–water partition coefficient (Wildman–Crippen LogP) is 3.89. The third kappa shape index (κ3) is 6.73. The number of esters is 2. The fourth-order valence-electron chi connectivity index (χ4n) is 3.11. The molecule has 176 valence electrons. The Morgan fingerprint density at radius 3 is 2.48 bits per heavy atom. The van der Waals surface area contributed by atoms with Crippen molar-refractivity contribution in [3.8, 4) is 12.3 Å². The predicted molar refractivity (Wildman–Crippen MR) is 123 cm³/mol. The van der Waals surface area contributed by atoms with Crippen LogP contribution in [0.2, 0.25) is 5.02 Å². The van der Waals surface area contributed by atoms with E-state index in [9.17, 15) is 23.6 Å². The topological polar surface area (TPSA) is 90.0 Å². The maximum atomic E-state index is 14.9. The van der Waals surface area contributed by atoms with Crippen molar-refractivity contribution in [2.75, 3.05) is 30.2 Å². The van der Waals surface area contributed by atoms with Crippen LogP contribution in [0.25, 0.3) is 0 Å². The maximum Gasteiger partial charge on any atom is 0.335 e. The normalized spacial score (nSPS) is 13.2. The summed E-state index contributed by atoms with van der Waals surface area (Å²) in [5, 5.41) is -0.0219. The molecule has 0 saturated heterocycles. The van der Waals surface area contributed by atoms with E-state index in [4.69, 9.17) is 34.4 Å².